The van der Waals surface area contributed by atoms with E-state index in [4.69, 9.17) is 11.6 Å². The van der Waals surface area contributed by atoms with Gasteiger partial charge in [-0.1, -0.05) is 32.4 Å². The zero-order valence-corrected chi connectivity index (χ0v) is 13.3. The second kappa shape index (κ2) is 6.02. The van der Waals surface area contributed by atoms with Crippen molar-refractivity contribution in [3.8, 4) is 0 Å². The maximum Gasteiger partial charge on any atom is 0.251 e. The number of amides is 2. The molecule has 21 heavy (non-hydrogen) atoms. The van der Waals surface area contributed by atoms with E-state index < -0.39 is 0 Å². The molecule has 0 bridgehead atoms. The highest BCUT2D eigenvalue weighted by atomic mass is 35.5. The summed E-state index contributed by atoms with van der Waals surface area (Å²) in [5.41, 5.74) is 0.949. The third-order valence-corrected chi connectivity index (χ3v) is 3.37. The molecular formula is C15H20ClN3O2. The number of carbonyl (C=O) groups is 2. The maximum absolute atomic E-state index is 12.1. The van der Waals surface area contributed by atoms with Gasteiger partial charge < -0.3 is 10.6 Å². The summed E-state index contributed by atoms with van der Waals surface area (Å²) in [4.78, 5) is 27.9. The van der Waals surface area contributed by atoms with Crippen LogP contribution in [0, 0.1) is 0 Å². The van der Waals surface area contributed by atoms with Crippen molar-refractivity contribution in [2.45, 2.75) is 45.1 Å². The number of halogens is 1. The molecule has 6 heteroatoms. The van der Waals surface area contributed by atoms with E-state index in [0.717, 1.165) is 18.5 Å². The lowest BCUT2D eigenvalue weighted by Gasteiger charge is -2.18. The summed E-state index contributed by atoms with van der Waals surface area (Å²) in [7, 11) is 0. The van der Waals surface area contributed by atoms with E-state index in [-0.39, 0.29) is 35.0 Å². The lowest BCUT2D eigenvalue weighted by atomic mass is 9.91. The minimum Gasteiger partial charge on any atom is -0.352 e. The Morgan fingerprint density at radius 3 is 2.57 bits per heavy atom. The maximum atomic E-state index is 12.1. The van der Waals surface area contributed by atoms with Crippen LogP contribution in [0.1, 0.15) is 49.7 Å². The van der Waals surface area contributed by atoms with Crippen LogP contribution in [0.15, 0.2) is 12.1 Å². The number of hydrogen-bond donors (Lipinski definition) is 2. The minimum absolute atomic E-state index is 0.0277. The average Bonchev–Trinajstić information content (AvgIpc) is 3.18. The predicted molar refractivity (Wildman–Crippen MR) is 81.4 cm³/mol. The highest BCUT2D eigenvalue weighted by Crippen LogP contribution is 2.23. The van der Waals surface area contributed by atoms with Crippen molar-refractivity contribution in [3.05, 3.63) is 28.5 Å². The molecule has 5 nitrogen and oxygen atoms in total. The number of nitrogens with one attached hydrogen (secondary N) is 2. The van der Waals surface area contributed by atoms with Gasteiger partial charge in [-0.2, -0.15) is 0 Å². The molecule has 0 aliphatic heterocycles. The summed E-state index contributed by atoms with van der Waals surface area (Å²) in [6, 6.07) is 3.50. The van der Waals surface area contributed by atoms with Crippen molar-refractivity contribution in [2.24, 2.45) is 0 Å². The predicted octanol–water partition coefficient (Wildman–Crippen LogP) is 2.04. The number of pyridine rings is 1. The largest absolute Gasteiger partial charge is 0.352 e. The summed E-state index contributed by atoms with van der Waals surface area (Å²) in [5.74, 6) is -0.488. The van der Waals surface area contributed by atoms with Crippen LogP contribution < -0.4 is 10.6 Å². The van der Waals surface area contributed by atoms with Gasteiger partial charge in [-0.25, -0.2) is 4.98 Å². The highest BCUT2D eigenvalue weighted by molar-refractivity contribution is 6.29. The van der Waals surface area contributed by atoms with Gasteiger partial charge >= 0.3 is 0 Å². The van der Waals surface area contributed by atoms with Crippen molar-refractivity contribution < 1.29 is 9.59 Å². The normalized spacial score (nSPS) is 14.7. The lowest BCUT2D eigenvalue weighted by molar-refractivity contribution is -0.120. The van der Waals surface area contributed by atoms with Crippen LogP contribution in [0.2, 0.25) is 5.15 Å². The van der Waals surface area contributed by atoms with E-state index in [1.54, 1.807) is 6.07 Å². The van der Waals surface area contributed by atoms with Gasteiger partial charge in [0.05, 0.1) is 6.54 Å². The fourth-order valence-electron chi connectivity index (χ4n) is 1.78. The summed E-state index contributed by atoms with van der Waals surface area (Å²) in [5, 5.41) is 5.69. The summed E-state index contributed by atoms with van der Waals surface area (Å²) in [6.07, 6.45) is 2.04. The third kappa shape index (κ3) is 4.70. The molecule has 2 N–H and O–H groups in total. The molecule has 0 spiro atoms. The van der Waals surface area contributed by atoms with Gasteiger partial charge in [-0.05, 0) is 25.0 Å². The smallest absolute Gasteiger partial charge is 0.251 e. The highest BCUT2D eigenvalue weighted by Gasteiger charge is 2.23. The third-order valence-electron chi connectivity index (χ3n) is 3.18. The SMILES string of the molecule is CC(C)(C)c1cc(C(=O)NCC(=O)NC2CC2)cc(Cl)n1. The Kier molecular flexibility index (Phi) is 4.52. The first-order valence-electron chi connectivity index (χ1n) is 7.01. The molecule has 1 aliphatic carbocycles. The van der Waals surface area contributed by atoms with E-state index in [9.17, 15) is 9.59 Å². The number of nitrogens with zero attached hydrogens (tertiary/aromatic N) is 1. The Morgan fingerprint density at radius 1 is 1.33 bits per heavy atom. The molecule has 1 aromatic heterocycles. The molecule has 2 amide bonds. The Labute approximate surface area is 129 Å². The van der Waals surface area contributed by atoms with E-state index in [0.29, 0.717) is 5.56 Å². The van der Waals surface area contributed by atoms with Gasteiger partial charge in [0.2, 0.25) is 5.91 Å². The molecular weight excluding hydrogens is 290 g/mol. The molecule has 114 valence electrons. The quantitative estimate of drug-likeness (QED) is 0.836. The molecule has 1 fully saturated rings. The monoisotopic (exact) mass is 309 g/mol. The van der Waals surface area contributed by atoms with E-state index in [1.807, 2.05) is 20.8 Å². The molecule has 1 aromatic rings. The molecule has 1 heterocycles. The van der Waals surface area contributed by atoms with Crippen LogP contribution >= 0.6 is 11.6 Å². The van der Waals surface area contributed by atoms with Gasteiger partial charge in [0.1, 0.15) is 5.15 Å². The topological polar surface area (TPSA) is 71.1 Å². The first-order chi connectivity index (χ1) is 9.75. The fraction of sp³-hybridized carbons (Fsp3) is 0.533. The van der Waals surface area contributed by atoms with Crippen molar-refractivity contribution in [1.82, 2.24) is 15.6 Å². The molecule has 0 aromatic carbocycles. The molecule has 0 atom stereocenters. The van der Waals surface area contributed by atoms with Crippen molar-refractivity contribution >= 4 is 23.4 Å². The van der Waals surface area contributed by atoms with E-state index >= 15 is 0 Å². The average molecular weight is 310 g/mol. The summed E-state index contributed by atoms with van der Waals surface area (Å²) >= 11 is 5.97. The van der Waals surface area contributed by atoms with Gasteiger partial charge in [-0.15, -0.1) is 0 Å². The number of hydrogen-bond acceptors (Lipinski definition) is 3. The molecule has 1 saturated carbocycles. The number of carbonyl (C=O) groups excluding carboxylic acids is 2. The first kappa shape index (κ1) is 15.8. The van der Waals surface area contributed by atoms with Gasteiger partial charge in [0, 0.05) is 22.7 Å². The zero-order chi connectivity index (χ0) is 15.6. The number of aromatic nitrogens is 1. The van der Waals surface area contributed by atoms with Gasteiger partial charge in [0.25, 0.3) is 5.91 Å². The molecule has 0 saturated heterocycles. The Bertz CT molecular complexity index is 563. The molecule has 0 unspecified atom stereocenters. The Balaban J connectivity index is 2.01. The van der Waals surface area contributed by atoms with Crippen LogP contribution in [0.5, 0.6) is 0 Å². The molecule has 0 radical (unpaired) electrons. The Morgan fingerprint density at radius 2 is 2.00 bits per heavy atom. The van der Waals surface area contributed by atoms with Crippen molar-refractivity contribution in [3.63, 3.8) is 0 Å². The van der Waals surface area contributed by atoms with Gasteiger partial charge in [-0.3, -0.25) is 9.59 Å². The molecule has 1 aliphatic rings. The van der Waals surface area contributed by atoms with E-state index in [1.165, 1.54) is 6.07 Å². The zero-order valence-electron chi connectivity index (χ0n) is 12.5. The standard InChI is InChI=1S/C15H20ClN3O2/c1-15(2,3)11-6-9(7-12(16)19-11)14(21)17-8-13(20)18-10-4-5-10/h6-7,10H,4-5,8H2,1-3H3,(H,17,21)(H,18,20). The van der Waals surface area contributed by atoms with Crippen LogP contribution in [-0.4, -0.2) is 29.4 Å². The lowest BCUT2D eigenvalue weighted by Crippen LogP contribution is -2.37. The fourth-order valence-corrected chi connectivity index (χ4v) is 1.99. The Hall–Kier alpha value is -1.62. The summed E-state index contributed by atoms with van der Waals surface area (Å²) < 4.78 is 0. The van der Waals surface area contributed by atoms with Crippen LogP contribution in [0.4, 0.5) is 0 Å². The van der Waals surface area contributed by atoms with E-state index in [2.05, 4.69) is 15.6 Å². The second-order valence-electron chi connectivity index (χ2n) is 6.34. The van der Waals surface area contributed by atoms with Crippen LogP contribution in [-0.2, 0) is 10.2 Å². The molecule has 2 rings (SSSR count). The second-order valence-corrected chi connectivity index (χ2v) is 6.73. The minimum atomic E-state index is -0.323. The van der Waals surface area contributed by atoms with Crippen LogP contribution in [0.25, 0.3) is 0 Å². The van der Waals surface area contributed by atoms with Gasteiger partial charge in [0.15, 0.2) is 0 Å². The first-order valence-corrected chi connectivity index (χ1v) is 7.39. The van der Waals surface area contributed by atoms with Crippen molar-refractivity contribution in [2.75, 3.05) is 6.54 Å². The van der Waals surface area contributed by atoms with Crippen molar-refractivity contribution in [1.29, 1.82) is 0 Å². The van der Waals surface area contributed by atoms with Crippen LogP contribution in [0.3, 0.4) is 0 Å². The number of rotatable bonds is 4. The summed E-state index contributed by atoms with van der Waals surface area (Å²) in [6.45, 7) is 5.96.